The first-order valence-corrected chi connectivity index (χ1v) is 8.99. The van der Waals surface area contributed by atoms with Gasteiger partial charge in [-0.1, -0.05) is 36.4 Å². The normalized spacial score (nSPS) is 18.7. The summed E-state index contributed by atoms with van der Waals surface area (Å²) in [4.78, 5) is 4.38. The molecular formula is C23H21N3O2. The third-order valence-electron chi connectivity index (χ3n) is 4.87. The van der Waals surface area contributed by atoms with Crippen LogP contribution in [0.4, 0.5) is 0 Å². The third kappa shape index (κ3) is 3.75. The van der Waals surface area contributed by atoms with E-state index in [2.05, 4.69) is 17.1 Å². The minimum Gasteiger partial charge on any atom is -0.493 e. The molecular weight excluding hydrogens is 350 g/mol. The van der Waals surface area contributed by atoms with Crippen molar-refractivity contribution in [3.05, 3.63) is 70.9 Å². The summed E-state index contributed by atoms with van der Waals surface area (Å²) in [5, 5.41) is 19.3. The van der Waals surface area contributed by atoms with Gasteiger partial charge in [0.15, 0.2) is 11.5 Å². The quantitative estimate of drug-likeness (QED) is 0.758. The number of allylic oxidation sites excluding steroid dienone is 2. The van der Waals surface area contributed by atoms with Crippen molar-refractivity contribution in [2.75, 3.05) is 7.11 Å². The van der Waals surface area contributed by atoms with E-state index in [0.717, 1.165) is 11.1 Å². The zero-order chi connectivity index (χ0) is 20.1. The average Bonchev–Trinajstić information content (AvgIpc) is 2.72. The molecule has 0 amide bonds. The van der Waals surface area contributed by atoms with Gasteiger partial charge in [-0.05, 0) is 37.1 Å². The molecule has 2 aromatic carbocycles. The number of hydrogen-bond donors (Lipinski definition) is 0. The van der Waals surface area contributed by atoms with E-state index < -0.39 is 5.92 Å². The molecule has 140 valence electrons. The van der Waals surface area contributed by atoms with Crippen molar-refractivity contribution in [3.8, 4) is 23.6 Å². The fourth-order valence-corrected chi connectivity index (χ4v) is 3.44. The van der Waals surface area contributed by atoms with E-state index >= 15 is 0 Å². The van der Waals surface area contributed by atoms with E-state index in [9.17, 15) is 10.5 Å². The van der Waals surface area contributed by atoms with Crippen LogP contribution >= 0.6 is 0 Å². The molecule has 0 spiro atoms. The van der Waals surface area contributed by atoms with Gasteiger partial charge in [0.25, 0.3) is 0 Å². The van der Waals surface area contributed by atoms with Crippen LogP contribution in [0, 0.1) is 28.6 Å². The van der Waals surface area contributed by atoms with Gasteiger partial charge in [-0.2, -0.15) is 10.5 Å². The minimum atomic E-state index is -0.487. The van der Waals surface area contributed by atoms with Crippen LogP contribution in [-0.4, -0.2) is 12.8 Å². The molecule has 0 radical (unpaired) electrons. The third-order valence-corrected chi connectivity index (χ3v) is 4.87. The lowest BCUT2D eigenvalue weighted by Crippen LogP contribution is -2.24. The maximum absolute atomic E-state index is 9.67. The van der Waals surface area contributed by atoms with Crippen LogP contribution in [0.15, 0.2) is 64.8 Å². The number of ether oxygens (including phenoxy) is 2. The first-order valence-electron chi connectivity index (χ1n) is 8.99. The Morgan fingerprint density at radius 3 is 2.43 bits per heavy atom. The van der Waals surface area contributed by atoms with Gasteiger partial charge in [0.1, 0.15) is 6.61 Å². The molecule has 1 aliphatic heterocycles. The first-order chi connectivity index (χ1) is 13.6. The molecule has 0 saturated carbocycles. The van der Waals surface area contributed by atoms with Crippen molar-refractivity contribution >= 4 is 5.71 Å². The van der Waals surface area contributed by atoms with Crippen molar-refractivity contribution in [2.24, 2.45) is 10.9 Å². The Bertz CT molecular complexity index is 1010. The maximum atomic E-state index is 9.67. The molecule has 1 aliphatic rings. The van der Waals surface area contributed by atoms with Gasteiger partial charge in [0.05, 0.1) is 36.4 Å². The van der Waals surface area contributed by atoms with Crippen molar-refractivity contribution in [3.63, 3.8) is 0 Å². The van der Waals surface area contributed by atoms with E-state index in [4.69, 9.17) is 9.47 Å². The fourth-order valence-electron chi connectivity index (χ4n) is 3.44. The lowest BCUT2D eigenvalue weighted by molar-refractivity contribution is 0.284. The van der Waals surface area contributed by atoms with Gasteiger partial charge in [0, 0.05) is 11.6 Å². The Morgan fingerprint density at radius 1 is 1.04 bits per heavy atom. The number of benzene rings is 2. The Labute approximate surface area is 165 Å². The van der Waals surface area contributed by atoms with Crippen LogP contribution in [0.5, 0.6) is 11.5 Å². The molecule has 2 atom stereocenters. The van der Waals surface area contributed by atoms with Crippen molar-refractivity contribution in [1.82, 2.24) is 0 Å². The summed E-state index contributed by atoms with van der Waals surface area (Å²) in [7, 11) is 1.58. The predicted octanol–water partition coefficient (Wildman–Crippen LogP) is 4.77. The molecule has 28 heavy (non-hydrogen) atoms. The van der Waals surface area contributed by atoms with Crippen LogP contribution in [0.2, 0.25) is 0 Å². The highest BCUT2D eigenvalue weighted by Crippen LogP contribution is 2.41. The first kappa shape index (κ1) is 19.2. The SMILES string of the molecule is COc1cc([C@@H]2C(C#N)=C(C)N=C(C)C2C#N)ccc1OCc1ccccc1. The number of nitriles is 2. The van der Waals surface area contributed by atoms with E-state index in [1.807, 2.05) is 55.5 Å². The number of rotatable bonds is 5. The summed E-state index contributed by atoms with van der Waals surface area (Å²) >= 11 is 0. The van der Waals surface area contributed by atoms with E-state index in [1.165, 1.54) is 0 Å². The summed E-state index contributed by atoms with van der Waals surface area (Å²) in [6, 6.07) is 20.0. The Balaban J connectivity index is 1.94. The molecule has 5 nitrogen and oxygen atoms in total. The highest BCUT2D eigenvalue weighted by Gasteiger charge is 2.34. The lowest BCUT2D eigenvalue weighted by Gasteiger charge is -2.27. The molecule has 0 aromatic heterocycles. The lowest BCUT2D eigenvalue weighted by atomic mass is 9.77. The van der Waals surface area contributed by atoms with Gasteiger partial charge >= 0.3 is 0 Å². The molecule has 0 fully saturated rings. The average molecular weight is 371 g/mol. The summed E-state index contributed by atoms with van der Waals surface area (Å²) in [6.07, 6.45) is 0. The van der Waals surface area contributed by atoms with Gasteiger partial charge in [-0.25, -0.2) is 0 Å². The highest BCUT2D eigenvalue weighted by atomic mass is 16.5. The zero-order valence-corrected chi connectivity index (χ0v) is 16.1. The van der Waals surface area contributed by atoms with Crippen LogP contribution < -0.4 is 9.47 Å². The summed E-state index contributed by atoms with van der Waals surface area (Å²) in [6.45, 7) is 4.05. The standard InChI is InChI=1S/C23H21N3O2/c1-15-19(12-24)23(20(13-25)16(2)26-15)18-9-10-21(22(11-18)27-3)28-14-17-7-5-4-6-8-17/h4-11,19,23H,14H2,1-3H3/t19?,23-/m0/s1. The number of methoxy groups -OCH3 is 1. The molecule has 5 heteroatoms. The van der Waals surface area contributed by atoms with Gasteiger partial charge in [0.2, 0.25) is 0 Å². The second-order valence-corrected chi connectivity index (χ2v) is 6.63. The Morgan fingerprint density at radius 2 is 1.79 bits per heavy atom. The number of hydrogen-bond acceptors (Lipinski definition) is 5. The molecule has 1 unspecified atom stereocenters. The maximum Gasteiger partial charge on any atom is 0.161 e. The second-order valence-electron chi connectivity index (χ2n) is 6.63. The molecule has 1 heterocycles. The smallest absolute Gasteiger partial charge is 0.161 e. The Kier molecular flexibility index (Phi) is 5.77. The predicted molar refractivity (Wildman–Crippen MR) is 107 cm³/mol. The zero-order valence-electron chi connectivity index (χ0n) is 16.1. The van der Waals surface area contributed by atoms with Gasteiger partial charge in [-0.3, -0.25) is 4.99 Å². The molecule has 0 bridgehead atoms. The highest BCUT2D eigenvalue weighted by molar-refractivity contribution is 5.90. The van der Waals surface area contributed by atoms with Crippen LogP contribution in [0.25, 0.3) is 0 Å². The summed E-state index contributed by atoms with van der Waals surface area (Å²) in [5.41, 5.74) is 3.77. The molecule has 3 rings (SSSR count). The van der Waals surface area contributed by atoms with E-state index in [1.54, 1.807) is 14.0 Å². The number of aliphatic imine (C=N–C) groups is 1. The van der Waals surface area contributed by atoms with Gasteiger partial charge in [-0.15, -0.1) is 0 Å². The Hall–Kier alpha value is -3.57. The molecule has 2 aromatic rings. The second kappa shape index (κ2) is 8.41. The fraction of sp³-hybridized carbons (Fsp3) is 0.261. The van der Waals surface area contributed by atoms with Crippen LogP contribution in [0.3, 0.4) is 0 Å². The summed E-state index contributed by atoms with van der Waals surface area (Å²) < 4.78 is 11.4. The minimum absolute atomic E-state index is 0.371. The van der Waals surface area contributed by atoms with Gasteiger partial charge < -0.3 is 9.47 Å². The van der Waals surface area contributed by atoms with Crippen molar-refractivity contribution in [1.29, 1.82) is 10.5 Å². The molecule has 0 aliphatic carbocycles. The van der Waals surface area contributed by atoms with Crippen LogP contribution in [-0.2, 0) is 6.61 Å². The van der Waals surface area contributed by atoms with E-state index in [-0.39, 0.29) is 5.92 Å². The summed E-state index contributed by atoms with van der Waals surface area (Å²) in [5.74, 6) is 0.327. The van der Waals surface area contributed by atoms with Crippen molar-refractivity contribution in [2.45, 2.75) is 26.4 Å². The largest absolute Gasteiger partial charge is 0.493 e. The number of nitrogens with zero attached hydrogens (tertiary/aromatic N) is 3. The molecule has 0 N–H and O–H groups in total. The van der Waals surface area contributed by atoms with Crippen LogP contribution in [0.1, 0.15) is 30.9 Å². The topological polar surface area (TPSA) is 78.4 Å². The van der Waals surface area contributed by atoms with Crippen molar-refractivity contribution < 1.29 is 9.47 Å². The monoisotopic (exact) mass is 371 g/mol. The molecule has 0 saturated heterocycles. The van der Waals surface area contributed by atoms with E-state index in [0.29, 0.717) is 35.1 Å².